The molecular weight excluding hydrogens is 270 g/mol. The Labute approximate surface area is 113 Å². The van der Waals surface area contributed by atoms with Gasteiger partial charge in [-0.1, -0.05) is 0 Å². The minimum absolute atomic E-state index is 0.161. The number of carbonyl (C=O) groups excluding carboxylic acids is 1. The lowest BCUT2D eigenvalue weighted by Gasteiger charge is -2.32. The highest BCUT2D eigenvalue weighted by molar-refractivity contribution is 7.99. The Kier molecular flexibility index (Phi) is 3.84. The second-order valence-electron chi connectivity index (χ2n) is 4.13. The summed E-state index contributed by atoms with van der Waals surface area (Å²) in [6.07, 6.45) is 0. The van der Waals surface area contributed by atoms with E-state index in [-0.39, 0.29) is 11.3 Å². The summed E-state index contributed by atoms with van der Waals surface area (Å²) in [4.78, 5) is 24.6. The summed E-state index contributed by atoms with van der Waals surface area (Å²) >= 11 is 1.49. The number of thioether (sulfide) groups is 1. The smallest absolute Gasteiger partial charge is 0.327 e. The lowest BCUT2D eigenvalue weighted by molar-refractivity contribution is -0.141. The largest absolute Gasteiger partial charge is 0.504 e. The number of carbonyl (C=O) groups is 2. The Bertz CT molecular complexity index is 519. The second-order valence-corrected chi connectivity index (χ2v) is 5.28. The monoisotopic (exact) mass is 283 g/mol. The minimum atomic E-state index is -1.04. The number of phenols is 2. The summed E-state index contributed by atoms with van der Waals surface area (Å²) in [5.41, 5.74) is 0.161. The van der Waals surface area contributed by atoms with E-state index < -0.39 is 23.7 Å². The zero-order valence-corrected chi connectivity index (χ0v) is 10.8. The van der Waals surface area contributed by atoms with Gasteiger partial charge in [0.05, 0.1) is 0 Å². The fraction of sp³-hybridized carbons (Fsp3) is 0.333. The maximum atomic E-state index is 12.2. The van der Waals surface area contributed by atoms with Crippen molar-refractivity contribution in [3.8, 4) is 11.5 Å². The van der Waals surface area contributed by atoms with E-state index in [1.807, 2.05) is 0 Å². The molecule has 102 valence electrons. The van der Waals surface area contributed by atoms with Crippen LogP contribution in [0, 0.1) is 0 Å². The van der Waals surface area contributed by atoms with Crippen molar-refractivity contribution >= 4 is 23.6 Å². The molecule has 0 radical (unpaired) electrons. The first-order chi connectivity index (χ1) is 9.00. The summed E-state index contributed by atoms with van der Waals surface area (Å²) in [7, 11) is 0. The number of hydrogen-bond donors (Lipinski definition) is 3. The van der Waals surface area contributed by atoms with Crippen LogP contribution in [-0.4, -0.2) is 56.2 Å². The van der Waals surface area contributed by atoms with Gasteiger partial charge in [0.2, 0.25) is 0 Å². The number of rotatable bonds is 2. The van der Waals surface area contributed by atoms with Crippen LogP contribution in [0.25, 0.3) is 0 Å². The van der Waals surface area contributed by atoms with Gasteiger partial charge in [0.1, 0.15) is 6.04 Å². The molecule has 1 amide bonds. The zero-order valence-electron chi connectivity index (χ0n) is 9.94. The van der Waals surface area contributed by atoms with Crippen molar-refractivity contribution in [2.45, 2.75) is 6.04 Å². The Morgan fingerprint density at radius 2 is 2.00 bits per heavy atom. The molecule has 0 aromatic heterocycles. The van der Waals surface area contributed by atoms with Crippen LogP contribution < -0.4 is 0 Å². The third kappa shape index (κ3) is 2.76. The molecule has 3 N–H and O–H groups in total. The number of amides is 1. The SMILES string of the molecule is O=C(O)C1CSCCN1C(=O)c1ccc(O)c(O)c1. The average molecular weight is 283 g/mol. The van der Waals surface area contributed by atoms with E-state index in [0.717, 1.165) is 6.07 Å². The lowest BCUT2D eigenvalue weighted by atomic mass is 10.1. The molecule has 2 rings (SSSR count). The highest BCUT2D eigenvalue weighted by atomic mass is 32.2. The van der Waals surface area contributed by atoms with E-state index in [2.05, 4.69) is 0 Å². The van der Waals surface area contributed by atoms with Gasteiger partial charge in [-0.25, -0.2) is 4.79 Å². The summed E-state index contributed by atoms with van der Waals surface area (Å²) in [5, 5.41) is 27.7. The third-order valence-electron chi connectivity index (χ3n) is 2.90. The van der Waals surface area contributed by atoms with Gasteiger partial charge in [0, 0.05) is 23.6 Å². The van der Waals surface area contributed by atoms with Crippen molar-refractivity contribution in [2.75, 3.05) is 18.1 Å². The Balaban J connectivity index is 2.26. The molecule has 19 heavy (non-hydrogen) atoms. The molecule has 0 aliphatic carbocycles. The number of hydrogen-bond acceptors (Lipinski definition) is 5. The number of aliphatic carboxylic acids is 1. The Morgan fingerprint density at radius 3 is 2.63 bits per heavy atom. The number of aromatic hydroxyl groups is 2. The summed E-state index contributed by atoms with van der Waals surface area (Å²) < 4.78 is 0. The molecule has 7 heteroatoms. The van der Waals surface area contributed by atoms with Crippen LogP contribution >= 0.6 is 11.8 Å². The molecule has 1 aliphatic heterocycles. The van der Waals surface area contributed by atoms with Gasteiger partial charge in [-0.2, -0.15) is 11.8 Å². The predicted molar refractivity (Wildman–Crippen MR) is 69.6 cm³/mol. The van der Waals surface area contributed by atoms with Crippen LogP contribution in [0.2, 0.25) is 0 Å². The average Bonchev–Trinajstić information content (AvgIpc) is 2.41. The van der Waals surface area contributed by atoms with Gasteiger partial charge in [-0.15, -0.1) is 0 Å². The van der Waals surface area contributed by atoms with E-state index in [1.165, 1.54) is 28.8 Å². The number of benzene rings is 1. The minimum Gasteiger partial charge on any atom is -0.504 e. The van der Waals surface area contributed by atoms with Crippen LogP contribution in [0.5, 0.6) is 11.5 Å². The number of carboxylic acids is 1. The van der Waals surface area contributed by atoms with Gasteiger partial charge in [-0.3, -0.25) is 4.79 Å². The van der Waals surface area contributed by atoms with Crippen LogP contribution in [0.3, 0.4) is 0 Å². The molecule has 1 saturated heterocycles. The van der Waals surface area contributed by atoms with E-state index in [1.54, 1.807) is 0 Å². The molecule has 1 atom stereocenters. The summed E-state index contributed by atoms with van der Waals surface area (Å²) in [5.74, 6) is -1.18. The van der Waals surface area contributed by atoms with Crippen LogP contribution in [-0.2, 0) is 4.79 Å². The Hall–Kier alpha value is -1.89. The van der Waals surface area contributed by atoms with Crippen LogP contribution in [0.15, 0.2) is 18.2 Å². The van der Waals surface area contributed by atoms with Crippen molar-refractivity contribution in [1.29, 1.82) is 0 Å². The zero-order chi connectivity index (χ0) is 14.0. The van der Waals surface area contributed by atoms with E-state index in [0.29, 0.717) is 18.1 Å². The maximum absolute atomic E-state index is 12.2. The van der Waals surface area contributed by atoms with Crippen molar-refractivity contribution in [3.63, 3.8) is 0 Å². The maximum Gasteiger partial charge on any atom is 0.327 e. The van der Waals surface area contributed by atoms with Gasteiger partial charge < -0.3 is 20.2 Å². The molecular formula is C12H13NO5S. The molecule has 0 spiro atoms. The molecule has 1 aromatic carbocycles. The number of phenolic OH excluding ortho intramolecular Hbond substituents is 2. The van der Waals surface area contributed by atoms with Gasteiger partial charge in [-0.05, 0) is 18.2 Å². The molecule has 1 heterocycles. The molecule has 6 nitrogen and oxygen atoms in total. The highest BCUT2D eigenvalue weighted by Crippen LogP contribution is 2.27. The van der Waals surface area contributed by atoms with Crippen molar-refractivity contribution in [2.24, 2.45) is 0 Å². The molecule has 1 aliphatic rings. The van der Waals surface area contributed by atoms with Crippen molar-refractivity contribution < 1.29 is 24.9 Å². The van der Waals surface area contributed by atoms with Crippen molar-refractivity contribution in [1.82, 2.24) is 4.90 Å². The normalized spacial score (nSPS) is 19.2. The van der Waals surface area contributed by atoms with Gasteiger partial charge in [0.15, 0.2) is 11.5 Å². The van der Waals surface area contributed by atoms with Crippen molar-refractivity contribution in [3.05, 3.63) is 23.8 Å². The van der Waals surface area contributed by atoms with E-state index in [4.69, 9.17) is 5.11 Å². The summed E-state index contributed by atoms with van der Waals surface area (Å²) in [6.45, 7) is 0.349. The standard InChI is InChI=1S/C12H13NO5S/c14-9-2-1-7(5-10(9)15)11(16)13-3-4-19-6-8(13)12(17)18/h1-2,5,8,14-15H,3-4,6H2,(H,17,18). The molecule has 1 aromatic rings. The predicted octanol–water partition coefficient (Wildman–Crippen LogP) is 0.740. The molecule has 0 saturated carbocycles. The quantitative estimate of drug-likeness (QED) is 0.693. The molecule has 1 fully saturated rings. The van der Waals surface area contributed by atoms with E-state index in [9.17, 15) is 19.8 Å². The topological polar surface area (TPSA) is 98.1 Å². The fourth-order valence-corrected chi connectivity index (χ4v) is 2.91. The Morgan fingerprint density at radius 1 is 1.26 bits per heavy atom. The van der Waals surface area contributed by atoms with Crippen LogP contribution in [0.1, 0.15) is 10.4 Å². The van der Waals surface area contributed by atoms with E-state index >= 15 is 0 Å². The van der Waals surface area contributed by atoms with Gasteiger partial charge in [0.25, 0.3) is 5.91 Å². The second kappa shape index (κ2) is 5.40. The fourth-order valence-electron chi connectivity index (χ4n) is 1.87. The van der Waals surface area contributed by atoms with Gasteiger partial charge >= 0.3 is 5.97 Å². The first-order valence-corrected chi connectivity index (χ1v) is 6.79. The lowest BCUT2D eigenvalue weighted by Crippen LogP contribution is -2.50. The highest BCUT2D eigenvalue weighted by Gasteiger charge is 2.33. The van der Waals surface area contributed by atoms with Crippen LogP contribution in [0.4, 0.5) is 0 Å². The first-order valence-electron chi connectivity index (χ1n) is 5.64. The summed E-state index contributed by atoms with van der Waals surface area (Å²) in [6, 6.07) is 2.84. The number of nitrogens with zero attached hydrogens (tertiary/aromatic N) is 1. The number of carboxylic acid groups (broad SMARTS) is 1. The first kappa shape index (κ1) is 13.5. The molecule has 1 unspecified atom stereocenters. The molecule has 0 bridgehead atoms. The third-order valence-corrected chi connectivity index (χ3v) is 3.92.